The minimum atomic E-state index is 0.0968. The van der Waals surface area contributed by atoms with Gasteiger partial charge in [0.25, 0.3) is 0 Å². The molecule has 0 bridgehead atoms. The van der Waals surface area contributed by atoms with Gasteiger partial charge < -0.3 is 4.90 Å². The summed E-state index contributed by atoms with van der Waals surface area (Å²) in [4.78, 5) is 13.3. The molecule has 94 valence electrons. The summed E-state index contributed by atoms with van der Waals surface area (Å²) in [5.41, 5.74) is 1.51. The number of hydrogen-bond donors (Lipinski definition) is 0. The van der Waals surface area contributed by atoms with Gasteiger partial charge in [0.15, 0.2) is 0 Å². The Hall–Kier alpha value is -0.790. The molecule has 0 aromatic rings. The van der Waals surface area contributed by atoms with Gasteiger partial charge in [0, 0.05) is 20.2 Å². The normalized spacial score (nSPS) is 14.8. The molecule has 0 aliphatic carbocycles. The lowest BCUT2D eigenvalue weighted by Crippen LogP contribution is -2.21. The van der Waals surface area contributed by atoms with Crippen molar-refractivity contribution in [2.45, 2.75) is 47.5 Å². The van der Waals surface area contributed by atoms with E-state index in [-0.39, 0.29) is 11.3 Å². The molecule has 0 aliphatic heterocycles. The molecule has 0 saturated carbocycles. The van der Waals surface area contributed by atoms with Crippen molar-refractivity contribution in [3.05, 3.63) is 11.6 Å². The Morgan fingerprint density at radius 2 is 1.81 bits per heavy atom. The largest absolute Gasteiger partial charge is 0.345 e. The van der Waals surface area contributed by atoms with E-state index >= 15 is 0 Å². The molecule has 1 unspecified atom stereocenters. The van der Waals surface area contributed by atoms with Crippen LogP contribution in [0, 0.1) is 11.3 Å². The molecule has 0 N–H and O–H groups in total. The Balaban J connectivity index is 4.88. The van der Waals surface area contributed by atoms with Gasteiger partial charge in [-0.1, -0.05) is 40.2 Å². The summed E-state index contributed by atoms with van der Waals surface area (Å²) in [5.74, 6) is 0.586. The highest BCUT2D eigenvalue weighted by Crippen LogP contribution is 2.29. The number of amides is 1. The van der Waals surface area contributed by atoms with Crippen LogP contribution >= 0.6 is 0 Å². The number of hydrogen-bond acceptors (Lipinski definition) is 1. The summed E-state index contributed by atoms with van der Waals surface area (Å²) in [6.07, 6.45) is 3.89. The van der Waals surface area contributed by atoms with Crippen molar-refractivity contribution < 1.29 is 4.79 Å². The van der Waals surface area contributed by atoms with E-state index in [0.29, 0.717) is 5.92 Å². The highest BCUT2D eigenvalue weighted by atomic mass is 16.2. The van der Waals surface area contributed by atoms with Crippen LogP contribution in [0.25, 0.3) is 0 Å². The topological polar surface area (TPSA) is 20.3 Å². The molecule has 0 aromatic carbocycles. The summed E-state index contributed by atoms with van der Waals surface area (Å²) >= 11 is 0. The molecule has 0 aromatic heterocycles. The molecule has 0 radical (unpaired) electrons. The fraction of sp³-hybridized carbons (Fsp3) is 0.786. The first kappa shape index (κ1) is 15.2. The van der Waals surface area contributed by atoms with Crippen LogP contribution in [-0.2, 0) is 4.79 Å². The van der Waals surface area contributed by atoms with Gasteiger partial charge in [-0.15, -0.1) is 0 Å². The Morgan fingerprint density at radius 1 is 1.31 bits per heavy atom. The first-order valence-corrected chi connectivity index (χ1v) is 6.09. The van der Waals surface area contributed by atoms with Gasteiger partial charge in [-0.2, -0.15) is 0 Å². The quantitative estimate of drug-likeness (QED) is 0.671. The average molecular weight is 225 g/mol. The predicted octanol–water partition coefficient (Wildman–Crippen LogP) is 3.48. The summed E-state index contributed by atoms with van der Waals surface area (Å²) in [7, 11) is 3.59. The molecule has 16 heavy (non-hydrogen) atoms. The zero-order chi connectivity index (χ0) is 12.9. The minimum Gasteiger partial charge on any atom is -0.345 e. The van der Waals surface area contributed by atoms with Crippen LogP contribution in [0.1, 0.15) is 47.5 Å². The van der Waals surface area contributed by atoms with Gasteiger partial charge in [-0.3, -0.25) is 4.79 Å². The van der Waals surface area contributed by atoms with Crippen LogP contribution in [0.4, 0.5) is 0 Å². The number of rotatable bonds is 4. The molecule has 0 fully saturated rings. The molecular formula is C14H27NO. The maximum atomic E-state index is 11.7. The lowest BCUT2D eigenvalue weighted by molar-refractivity contribution is -0.123. The molecule has 2 heteroatoms. The summed E-state index contributed by atoms with van der Waals surface area (Å²) in [6, 6.07) is 0. The first-order chi connectivity index (χ1) is 7.17. The van der Waals surface area contributed by atoms with E-state index in [0.717, 1.165) is 12.8 Å². The Bertz CT molecular complexity index is 258. The SMILES string of the molecule is CCC(C)C(=CC(=O)N(C)C)CC(C)(C)C. The number of carbonyl (C=O) groups is 1. The van der Waals surface area contributed by atoms with E-state index < -0.39 is 0 Å². The number of carbonyl (C=O) groups excluding carboxylic acids is 1. The molecule has 0 rings (SSSR count). The second-order valence-corrected chi connectivity index (χ2v) is 6.00. The molecule has 0 spiro atoms. The van der Waals surface area contributed by atoms with Gasteiger partial charge in [0.05, 0.1) is 0 Å². The lowest BCUT2D eigenvalue weighted by atomic mass is 9.82. The minimum absolute atomic E-state index is 0.0968. The van der Waals surface area contributed by atoms with Crippen LogP contribution in [0.3, 0.4) is 0 Å². The van der Waals surface area contributed by atoms with Crippen molar-refractivity contribution in [2.24, 2.45) is 11.3 Å². The van der Waals surface area contributed by atoms with Gasteiger partial charge in [-0.05, 0) is 24.2 Å². The lowest BCUT2D eigenvalue weighted by Gasteiger charge is -2.24. The van der Waals surface area contributed by atoms with Gasteiger partial charge >= 0.3 is 0 Å². The number of nitrogens with zero attached hydrogens (tertiary/aromatic N) is 1. The molecule has 0 heterocycles. The van der Waals surface area contributed by atoms with Crippen molar-refractivity contribution >= 4 is 5.91 Å². The van der Waals surface area contributed by atoms with Crippen LogP contribution < -0.4 is 0 Å². The third-order valence-corrected chi connectivity index (χ3v) is 2.73. The third kappa shape index (κ3) is 5.94. The number of likely N-dealkylation sites (N-methyl/N-ethyl adjacent to an activating group) is 1. The van der Waals surface area contributed by atoms with E-state index in [4.69, 9.17) is 0 Å². The first-order valence-electron chi connectivity index (χ1n) is 6.09. The summed E-state index contributed by atoms with van der Waals surface area (Å²) in [5, 5.41) is 0. The standard InChI is InChI=1S/C14H27NO/c1-8-11(2)12(10-14(3,4)5)9-13(16)15(6)7/h9,11H,8,10H2,1-7H3. The Kier molecular flexibility index (Phi) is 5.77. The summed E-state index contributed by atoms with van der Waals surface area (Å²) in [6.45, 7) is 11.0. The van der Waals surface area contributed by atoms with Crippen molar-refractivity contribution in [3.8, 4) is 0 Å². The van der Waals surface area contributed by atoms with E-state index in [9.17, 15) is 4.79 Å². The fourth-order valence-electron chi connectivity index (χ4n) is 1.53. The van der Waals surface area contributed by atoms with Gasteiger partial charge in [-0.25, -0.2) is 0 Å². The maximum Gasteiger partial charge on any atom is 0.245 e. The molecular weight excluding hydrogens is 198 g/mol. The van der Waals surface area contributed by atoms with Crippen molar-refractivity contribution in [1.82, 2.24) is 4.90 Å². The van der Waals surface area contributed by atoms with Crippen LogP contribution in [-0.4, -0.2) is 24.9 Å². The van der Waals surface area contributed by atoms with Crippen molar-refractivity contribution in [3.63, 3.8) is 0 Å². The zero-order valence-electron chi connectivity index (χ0n) is 11.9. The Morgan fingerprint density at radius 3 is 2.12 bits per heavy atom. The second-order valence-electron chi connectivity index (χ2n) is 6.00. The third-order valence-electron chi connectivity index (χ3n) is 2.73. The van der Waals surface area contributed by atoms with Crippen LogP contribution in [0.15, 0.2) is 11.6 Å². The molecule has 0 aliphatic rings. The summed E-state index contributed by atoms with van der Waals surface area (Å²) < 4.78 is 0. The molecule has 1 amide bonds. The van der Waals surface area contributed by atoms with Crippen molar-refractivity contribution in [2.75, 3.05) is 14.1 Å². The highest BCUT2D eigenvalue weighted by molar-refractivity contribution is 5.87. The van der Waals surface area contributed by atoms with E-state index in [1.54, 1.807) is 19.0 Å². The molecule has 0 saturated heterocycles. The second kappa shape index (κ2) is 6.07. The van der Waals surface area contributed by atoms with Crippen LogP contribution in [0.2, 0.25) is 0 Å². The Labute approximate surface area is 101 Å². The average Bonchev–Trinajstić information content (AvgIpc) is 2.13. The van der Waals surface area contributed by atoms with E-state index in [1.165, 1.54) is 5.57 Å². The van der Waals surface area contributed by atoms with Gasteiger partial charge in [0.2, 0.25) is 5.91 Å². The molecule has 2 nitrogen and oxygen atoms in total. The van der Waals surface area contributed by atoms with Crippen molar-refractivity contribution in [1.29, 1.82) is 0 Å². The monoisotopic (exact) mass is 225 g/mol. The molecule has 1 atom stereocenters. The zero-order valence-corrected chi connectivity index (χ0v) is 11.9. The van der Waals surface area contributed by atoms with E-state index in [2.05, 4.69) is 34.6 Å². The fourth-order valence-corrected chi connectivity index (χ4v) is 1.53. The van der Waals surface area contributed by atoms with Crippen LogP contribution in [0.5, 0.6) is 0 Å². The highest BCUT2D eigenvalue weighted by Gasteiger charge is 2.18. The maximum absolute atomic E-state index is 11.7. The van der Waals surface area contributed by atoms with Gasteiger partial charge in [0.1, 0.15) is 0 Å². The predicted molar refractivity (Wildman–Crippen MR) is 70.3 cm³/mol. The number of allylic oxidation sites excluding steroid dienone is 1. The van der Waals surface area contributed by atoms with E-state index in [1.807, 2.05) is 6.08 Å². The smallest absolute Gasteiger partial charge is 0.245 e.